The molecule has 1 aliphatic heterocycles. The van der Waals surface area contributed by atoms with Crippen molar-refractivity contribution in [2.45, 2.75) is 13.0 Å². The largest absolute Gasteiger partial charge is 0.491 e. The van der Waals surface area contributed by atoms with Gasteiger partial charge in [0.25, 0.3) is 0 Å². The second-order valence-electron chi connectivity index (χ2n) is 5.97. The van der Waals surface area contributed by atoms with E-state index in [0.717, 1.165) is 38.4 Å². The van der Waals surface area contributed by atoms with Crippen molar-refractivity contribution in [1.82, 2.24) is 15.5 Å². The molecule has 0 radical (unpaired) electrons. The molecule has 2 amide bonds. The summed E-state index contributed by atoms with van der Waals surface area (Å²) in [5.41, 5.74) is 0.909. The van der Waals surface area contributed by atoms with E-state index in [4.69, 9.17) is 21.1 Å². The first-order valence-electron chi connectivity index (χ1n) is 8.43. The summed E-state index contributed by atoms with van der Waals surface area (Å²) in [5, 5.41) is 16.0. The molecule has 2 rings (SSSR count). The van der Waals surface area contributed by atoms with Gasteiger partial charge in [-0.15, -0.1) is 0 Å². The smallest absolute Gasteiger partial charge is 0.314 e. The first kappa shape index (κ1) is 19.8. The van der Waals surface area contributed by atoms with E-state index in [-0.39, 0.29) is 19.2 Å². The van der Waals surface area contributed by atoms with Crippen molar-refractivity contribution in [3.05, 3.63) is 28.8 Å². The zero-order valence-corrected chi connectivity index (χ0v) is 15.2. The van der Waals surface area contributed by atoms with Crippen LogP contribution >= 0.6 is 11.6 Å². The number of aryl methyl sites for hydroxylation is 1. The average Bonchev–Trinajstić information content (AvgIpc) is 2.62. The number of nitrogens with one attached hydrogen (secondary N) is 2. The molecule has 0 saturated carbocycles. The number of hydrogen-bond donors (Lipinski definition) is 3. The van der Waals surface area contributed by atoms with Gasteiger partial charge in [-0.3, -0.25) is 4.90 Å². The second-order valence-corrected chi connectivity index (χ2v) is 6.37. The van der Waals surface area contributed by atoms with Crippen LogP contribution in [-0.4, -0.2) is 74.7 Å². The molecule has 1 aromatic rings. The number of benzene rings is 1. The Morgan fingerprint density at radius 3 is 2.88 bits per heavy atom. The van der Waals surface area contributed by atoms with Gasteiger partial charge in [-0.1, -0.05) is 11.6 Å². The summed E-state index contributed by atoms with van der Waals surface area (Å²) in [6.45, 7) is 6.71. The predicted molar refractivity (Wildman–Crippen MR) is 96.4 cm³/mol. The summed E-state index contributed by atoms with van der Waals surface area (Å²) < 4.78 is 10.8. The minimum atomic E-state index is -0.791. The van der Waals surface area contributed by atoms with Gasteiger partial charge in [0.15, 0.2) is 0 Å². The highest BCUT2D eigenvalue weighted by Crippen LogP contribution is 2.21. The van der Waals surface area contributed by atoms with Gasteiger partial charge in [-0.2, -0.15) is 0 Å². The Balaban J connectivity index is 1.56. The summed E-state index contributed by atoms with van der Waals surface area (Å²) in [6.07, 6.45) is -0.791. The number of hydrogen-bond acceptors (Lipinski definition) is 5. The number of ether oxygens (including phenoxy) is 2. The molecular weight excluding hydrogens is 346 g/mol. The maximum atomic E-state index is 11.7. The molecule has 140 valence electrons. The molecule has 8 heteroatoms. The lowest BCUT2D eigenvalue weighted by atomic mass is 10.2. The van der Waals surface area contributed by atoms with E-state index in [1.54, 1.807) is 18.2 Å². The number of aliphatic hydroxyl groups excluding tert-OH is 1. The molecule has 3 N–H and O–H groups in total. The first-order chi connectivity index (χ1) is 12.0. The summed E-state index contributed by atoms with van der Waals surface area (Å²) in [5.74, 6) is 0.635. The van der Waals surface area contributed by atoms with Crippen molar-refractivity contribution in [3.63, 3.8) is 0 Å². The van der Waals surface area contributed by atoms with Gasteiger partial charge < -0.3 is 25.2 Å². The topological polar surface area (TPSA) is 83.1 Å². The lowest BCUT2D eigenvalue weighted by Crippen LogP contribution is -2.45. The van der Waals surface area contributed by atoms with Crippen molar-refractivity contribution in [2.24, 2.45) is 0 Å². The van der Waals surface area contributed by atoms with Gasteiger partial charge in [0, 0.05) is 37.7 Å². The molecule has 1 aliphatic rings. The molecule has 7 nitrogen and oxygen atoms in total. The molecule has 0 bridgehead atoms. The fraction of sp³-hybridized carbons (Fsp3) is 0.588. The highest BCUT2D eigenvalue weighted by molar-refractivity contribution is 6.31. The number of nitrogens with zero attached hydrogens (tertiary/aromatic N) is 1. The molecule has 0 aromatic heterocycles. The number of carbonyl (C=O) groups is 1. The van der Waals surface area contributed by atoms with Crippen LogP contribution in [-0.2, 0) is 4.74 Å². The van der Waals surface area contributed by atoms with E-state index in [1.807, 2.05) is 6.92 Å². The Morgan fingerprint density at radius 1 is 1.40 bits per heavy atom. The van der Waals surface area contributed by atoms with Crippen LogP contribution in [0.2, 0.25) is 5.02 Å². The summed E-state index contributed by atoms with van der Waals surface area (Å²) in [4.78, 5) is 14.0. The van der Waals surface area contributed by atoms with Gasteiger partial charge in [0.1, 0.15) is 18.5 Å². The van der Waals surface area contributed by atoms with E-state index in [2.05, 4.69) is 15.5 Å². The molecule has 25 heavy (non-hydrogen) atoms. The van der Waals surface area contributed by atoms with Gasteiger partial charge in [0.05, 0.1) is 13.2 Å². The molecular formula is C17H26ClN3O4. The van der Waals surface area contributed by atoms with E-state index < -0.39 is 6.10 Å². The average molecular weight is 372 g/mol. The Labute approximate surface area is 153 Å². The van der Waals surface area contributed by atoms with Gasteiger partial charge in [-0.25, -0.2) is 4.79 Å². The van der Waals surface area contributed by atoms with Crippen molar-refractivity contribution < 1.29 is 19.4 Å². The quantitative estimate of drug-likeness (QED) is 0.635. The summed E-state index contributed by atoms with van der Waals surface area (Å²) >= 11 is 5.95. The third kappa shape index (κ3) is 7.48. The first-order valence-corrected chi connectivity index (χ1v) is 8.81. The zero-order chi connectivity index (χ0) is 18.1. The Kier molecular flexibility index (Phi) is 8.27. The van der Waals surface area contributed by atoms with Crippen molar-refractivity contribution in [2.75, 3.05) is 52.5 Å². The van der Waals surface area contributed by atoms with Crippen LogP contribution in [0.15, 0.2) is 18.2 Å². The third-order valence-corrected chi connectivity index (χ3v) is 4.31. The van der Waals surface area contributed by atoms with Crippen LogP contribution in [0.3, 0.4) is 0 Å². The van der Waals surface area contributed by atoms with Gasteiger partial charge >= 0.3 is 6.03 Å². The van der Waals surface area contributed by atoms with Crippen LogP contribution in [0.4, 0.5) is 4.79 Å². The molecule has 1 fully saturated rings. The number of aliphatic hydroxyl groups is 1. The summed E-state index contributed by atoms with van der Waals surface area (Å²) in [7, 11) is 0. The lowest BCUT2D eigenvalue weighted by Gasteiger charge is -2.26. The normalized spacial score (nSPS) is 16.3. The molecule has 1 aromatic carbocycles. The van der Waals surface area contributed by atoms with Gasteiger partial charge in [0.2, 0.25) is 0 Å². The SMILES string of the molecule is Cc1cc(OC[C@@H](O)CNC(=O)NCCN2CCOCC2)ccc1Cl. The Hall–Kier alpha value is -1.54. The minimum Gasteiger partial charge on any atom is -0.491 e. The van der Waals surface area contributed by atoms with Crippen LogP contribution in [0.1, 0.15) is 5.56 Å². The van der Waals surface area contributed by atoms with E-state index >= 15 is 0 Å². The number of amides is 2. The van der Waals surface area contributed by atoms with E-state index in [9.17, 15) is 9.90 Å². The fourth-order valence-electron chi connectivity index (χ4n) is 2.38. The highest BCUT2D eigenvalue weighted by atomic mass is 35.5. The van der Waals surface area contributed by atoms with Gasteiger partial charge in [-0.05, 0) is 30.7 Å². The molecule has 1 atom stereocenters. The van der Waals surface area contributed by atoms with E-state index in [1.165, 1.54) is 0 Å². The number of carbonyl (C=O) groups excluding carboxylic acids is 1. The molecule has 1 saturated heterocycles. The Bertz CT molecular complexity index is 553. The molecule has 0 spiro atoms. The lowest BCUT2D eigenvalue weighted by molar-refractivity contribution is 0.0387. The molecule has 0 aliphatic carbocycles. The number of halogens is 1. The Morgan fingerprint density at radius 2 is 2.16 bits per heavy atom. The maximum absolute atomic E-state index is 11.7. The summed E-state index contributed by atoms with van der Waals surface area (Å²) in [6, 6.07) is 5.00. The van der Waals surface area contributed by atoms with Crippen LogP contribution in [0, 0.1) is 6.92 Å². The minimum absolute atomic E-state index is 0.0924. The molecule has 1 heterocycles. The fourth-order valence-corrected chi connectivity index (χ4v) is 2.50. The van der Waals surface area contributed by atoms with E-state index in [0.29, 0.717) is 17.3 Å². The van der Waals surface area contributed by atoms with Crippen molar-refractivity contribution in [3.8, 4) is 5.75 Å². The van der Waals surface area contributed by atoms with Crippen LogP contribution < -0.4 is 15.4 Å². The number of morpholine rings is 1. The zero-order valence-electron chi connectivity index (χ0n) is 14.5. The van der Waals surface area contributed by atoms with Crippen LogP contribution in [0.5, 0.6) is 5.75 Å². The molecule has 0 unspecified atom stereocenters. The van der Waals surface area contributed by atoms with Crippen molar-refractivity contribution in [1.29, 1.82) is 0 Å². The monoisotopic (exact) mass is 371 g/mol. The second kappa shape index (κ2) is 10.5. The predicted octanol–water partition coefficient (Wildman–Crippen LogP) is 1.02. The maximum Gasteiger partial charge on any atom is 0.314 e. The van der Waals surface area contributed by atoms with Crippen molar-refractivity contribution >= 4 is 17.6 Å². The standard InChI is InChI=1S/C17H26ClN3O4/c1-13-10-15(2-3-16(13)18)25-12-14(22)11-20-17(23)19-4-5-21-6-8-24-9-7-21/h2-3,10,14,22H,4-9,11-12H2,1H3,(H2,19,20,23)/t14-/m0/s1. The van der Waals surface area contributed by atoms with Crippen LogP contribution in [0.25, 0.3) is 0 Å². The number of urea groups is 1. The highest BCUT2D eigenvalue weighted by Gasteiger charge is 2.11. The number of rotatable bonds is 8. The third-order valence-electron chi connectivity index (χ3n) is 3.89.